The van der Waals surface area contributed by atoms with E-state index >= 15 is 0 Å². The van der Waals surface area contributed by atoms with Crippen molar-refractivity contribution in [3.05, 3.63) is 22.7 Å². The summed E-state index contributed by atoms with van der Waals surface area (Å²) in [6.45, 7) is 7.25. The van der Waals surface area contributed by atoms with Crippen molar-refractivity contribution in [2.24, 2.45) is 11.8 Å². The number of amides is 2. The van der Waals surface area contributed by atoms with Crippen LogP contribution in [-0.4, -0.2) is 53.0 Å². The Kier molecular flexibility index (Phi) is 7.53. The first-order valence-corrected chi connectivity index (χ1v) is 10.4. The lowest BCUT2D eigenvalue weighted by atomic mass is 9.87. The Hall–Kier alpha value is -1.84. The van der Waals surface area contributed by atoms with Gasteiger partial charge in [-0.15, -0.1) is 5.06 Å². The quantitative estimate of drug-likeness (QED) is 0.624. The summed E-state index contributed by atoms with van der Waals surface area (Å²) in [5, 5.41) is 13.2. The largest absolute Gasteiger partial charge is 0.493 e. The van der Waals surface area contributed by atoms with Crippen molar-refractivity contribution in [1.82, 2.24) is 10.1 Å². The van der Waals surface area contributed by atoms with Crippen LogP contribution in [0.25, 0.3) is 0 Å². The second-order valence-corrected chi connectivity index (χ2v) is 8.11. The average Bonchev–Trinajstić information content (AvgIpc) is 2.72. The van der Waals surface area contributed by atoms with Gasteiger partial charge in [-0.05, 0) is 30.5 Å². The number of halogens is 1. The predicted octanol–water partition coefficient (Wildman–Crippen LogP) is 3.13. The molecule has 1 N–H and O–H groups in total. The molecule has 1 fully saturated rings. The van der Waals surface area contributed by atoms with Crippen LogP contribution in [0, 0.1) is 11.8 Å². The highest BCUT2D eigenvalue weighted by molar-refractivity contribution is 9.10. The van der Waals surface area contributed by atoms with Gasteiger partial charge in [-0.25, -0.2) is 5.06 Å². The highest BCUT2D eigenvalue weighted by atomic mass is 79.9. The van der Waals surface area contributed by atoms with Crippen LogP contribution in [0.3, 0.4) is 0 Å². The first kappa shape index (κ1) is 23.4. The van der Waals surface area contributed by atoms with E-state index in [1.165, 1.54) is 14.2 Å². The zero-order chi connectivity index (χ0) is 21.9. The number of hydroxylamine groups is 4. The number of rotatable bonds is 8. The van der Waals surface area contributed by atoms with E-state index in [9.17, 15) is 14.7 Å². The second kappa shape index (κ2) is 9.32. The first-order chi connectivity index (χ1) is 13.7. The van der Waals surface area contributed by atoms with E-state index in [-0.39, 0.29) is 11.7 Å². The maximum absolute atomic E-state index is 13.5. The molecule has 0 spiro atoms. The van der Waals surface area contributed by atoms with Gasteiger partial charge in [0.2, 0.25) is 0 Å². The molecule has 4 atom stereocenters. The van der Waals surface area contributed by atoms with E-state index in [1.54, 1.807) is 25.1 Å². The fourth-order valence-electron chi connectivity index (χ4n) is 3.28. The van der Waals surface area contributed by atoms with Crippen LogP contribution < -0.4 is 9.57 Å². The number of carbonyl (C=O) groups is 2. The lowest BCUT2D eigenvalue weighted by molar-refractivity contribution is -0.297. The number of benzene rings is 1. The zero-order valence-corrected chi connectivity index (χ0v) is 19.2. The molecular weight excluding hydrogens is 444 g/mol. The lowest BCUT2D eigenvalue weighted by Crippen LogP contribution is -2.75. The Morgan fingerprint density at radius 3 is 2.34 bits per heavy atom. The second-order valence-electron chi connectivity index (χ2n) is 7.20. The molecule has 0 aromatic heterocycles. The summed E-state index contributed by atoms with van der Waals surface area (Å²) in [4.78, 5) is 37.9. The molecule has 1 aliphatic heterocycles. The smallest absolute Gasteiger partial charge is 0.303 e. The minimum atomic E-state index is -2.23. The Balaban J connectivity index is 2.60. The maximum atomic E-state index is 13.5. The molecule has 1 aromatic carbocycles. The van der Waals surface area contributed by atoms with Gasteiger partial charge in [0.15, 0.2) is 11.5 Å². The number of ether oxygens (including phenoxy) is 1. The molecule has 0 radical (unpaired) electrons. The summed E-state index contributed by atoms with van der Waals surface area (Å²) in [7, 11) is 2.78. The average molecular weight is 473 g/mol. The van der Waals surface area contributed by atoms with Crippen molar-refractivity contribution in [3.8, 4) is 11.5 Å². The lowest BCUT2D eigenvalue weighted by Gasteiger charge is -2.49. The molecule has 2 rings (SSSR count). The third-order valence-electron chi connectivity index (χ3n) is 5.52. The van der Waals surface area contributed by atoms with Gasteiger partial charge in [0.05, 0.1) is 14.2 Å². The van der Waals surface area contributed by atoms with Gasteiger partial charge in [0.1, 0.15) is 6.04 Å². The molecule has 9 heteroatoms. The van der Waals surface area contributed by atoms with Gasteiger partial charge in [-0.2, -0.15) is 0 Å². The summed E-state index contributed by atoms with van der Waals surface area (Å²) in [6.07, 6.45) is 1.05. The Bertz CT molecular complexity index is 760. The molecule has 162 valence electrons. The van der Waals surface area contributed by atoms with Crippen LogP contribution in [0.15, 0.2) is 22.7 Å². The fourth-order valence-corrected chi connectivity index (χ4v) is 3.62. The molecule has 0 saturated carbocycles. The van der Waals surface area contributed by atoms with Crippen molar-refractivity contribution in [3.63, 3.8) is 0 Å². The highest BCUT2D eigenvalue weighted by Crippen LogP contribution is 2.39. The molecule has 1 aliphatic rings. The Morgan fingerprint density at radius 1 is 1.17 bits per heavy atom. The van der Waals surface area contributed by atoms with E-state index < -0.39 is 29.5 Å². The summed E-state index contributed by atoms with van der Waals surface area (Å²) in [5.41, 5.74) is -2.23. The minimum Gasteiger partial charge on any atom is -0.493 e. The van der Waals surface area contributed by atoms with Crippen molar-refractivity contribution in [2.45, 2.75) is 52.3 Å². The van der Waals surface area contributed by atoms with Crippen LogP contribution in [0.1, 0.15) is 40.5 Å². The molecule has 0 bridgehead atoms. The summed E-state index contributed by atoms with van der Waals surface area (Å²) in [5.74, 6) is -1.58. The summed E-state index contributed by atoms with van der Waals surface area (Å²) < 4.78 is 6.08. The van der Waals surface area contributed by atoms with Crippen LogP contribution in [0.4, 0.5) is 0 Å². The van der Waals surface area contributed by atoms with Gasteiger partial charge in [0.25, 0.3) is 11.6 Å². The van der Waals surface area contributed by atoms with Crippen LogP contribution in [-0.2, 0) is 14.4 Å². The molecule has 2 unspecified atom stereocenters. The van der Waals surface area contributed by atoms with Crippen molar-refractivity contribution in [2.75, 3.05) is 14.2 Å². The molecule has 1 saturated heterocycles. The number of piperazine rings is 1. The molecule has 1 heterocycles. The van der Waals surface area contributed by atoms with Gasteiger partial charge >= 0.3 is 5.91 Å². The fraction of sp³-hybridized carbons (Fsp3) is 0.600. The number of methoxy groups -OCH3 is 1. The minimum absolute atomic E-state index is 0.201. The monoisotopic (exact) mass is 472 g/mol. The van der Waals surface area contributed by atoms with Crippen LogP contribution >= 0.6 is 15.9 Å². The normalized spacial score (nSPS) is 24.5. The van der Waals surface area contributed by atoms with E-state index in [0.29, 0.717) is 18.6 Å². The molecular formula is C20H29BrN2O6. The number of nitrogens with zero attached hydrogens (tertiary/aromatic N) is 2. The van der Waals surface area contributed by atoms with Crippen molar-refractivity contribution >= 4 is 27.7 Å². The first-order valence-electron chi connectivity index (χ1n) is 9.62. The van der Waals surface area contributed by atoms with Crippen LogP contribution in [0.5, 0.6) is 11.5 Å². The third-order valence-corrected chi connectivity index (χ3v) is 6.02. The Morgan fingerprint density at radius 2 is 1.83 bits per heavy atom. The van der Waals surface area contributed by atoms with Gasteiger partial charge in [0, 0.05) is 10.4 Å². The molecule has 8 nitrogen and oxygen atoms in total. The standard InChI is InChI=1S/C20H29BrN2O6/c1-7-12(3)17-18(24)23(29-15-10-9-14(21)11-16(15)27-5)20(26,13(4)8-2)19(25)22(17)28-6/h9-13,17,26H,7-8H2,1-6H3/t12-,13-,17?,20?/m0/s1. The molecule has 1 aromatic rings. The summed E-state index contributed by atoms with van der Waals surface area (Å²) >= 11 is 3.35. The van der Waals surface area contributed by atoms with E-state index in [2.05, 4.69) is 15.9 Å². The SMILES string of the molecule is CC[C@H](C)C1C(=O)N(Oc2ccc(Br)cc2OC)C(O)([C@@H](C)CC)C(=O)N1OC. The molecule has 0 aliphatic carbocycles. The predicted molar refractivity (Wildman–Crippen MR) is 110 cm³/mol. The number of hydrogen-bond donors (Lipinski definition) is 1. The maximum Gasteiger partial charge on any atom is 0.303 e. The van der Waals surface area contributed by atoms with Crippen molar-refractivity contribution < 1.29 is 29.1 Å². The van der Waals surface area contributed by atoms with Crippen molar-refractivity contribution in [1.29, 1.82) is 0 Å². The van der Waals surface area contributed by atoms with Gasteiger partial charge < -0.3 is 14.7 Å². The third kappa shape index (κ3) is 4.08. The topological polar surface area (TPSA) is 88.5 Å². The van der Waals surface area contributed by atoms with E-state index in [4.69, 9.17) is 14.4 Å². The highest BCUT2D eigenvalue weighted by Gasteiger charge is 2.61. The van der Waals surface area contributed by atoms with Gasteiger partial charge in [-0.1, -0.05) is 50.0 Å². The summed E-state index contributed by atoms with van der Waals surface area (Å²) in [6, 6.07) is 4.05. The number of hydrogen-bond acceptors (Lipinski definition) is 6. The van der Waals surface area contributed by atoms with E-state index in [1.807, 2.05) is 20.8 Å². The van der Waals surface area contributed by atoms with Crippen LogP contribution in [0.2, 0.25) is 0 Å². The van der Waals surface area contributed by atoms with E-state index in [0.717, 1.165) is 14.6 Å². The molecule has 2 amide bonds. The van der Waals surface area contributed by atoms with Gasteiger partial charge in [-0.3, -0.25) is 14.4 Å². The number of aliphatic hydroxyl groups is 1. The molecule has 29 heavy (non-hydrogen) atoms. The zero-order valence-electron chi connectivity index (χ0n) is 17.6. The number of carbonyl (C=O) groups excluding carboxylic acids is 2. The Labute approximate surface area is 179 Å².